The van der Waals surface area contributed by atoms with Gasteiger partial charge in [-0.15, -0.1) is 0 Å². The van der Waals surface area contributed by atoms with Gasteiger partial charge in [-0.1, -0.05) is 30.3 Å². The lowest BCUT2D eigenvalue weighted by Gasteiger charge is -2.26. The van der Waals surface area contributed by atoms with Crippen LogP contribution in [0.5, 0.6) is 0 Å². The first-order valence-electron chi connectivity index (χ1n) is 10.8. The van der Waals surface area contributed by atoms with Gasteiger partial charge in [0.1, 0.15) is 18.2 Å². The third-order valence-corrected chi connectivity index (χ3v) is 5.49. The number of aliphatic hydroxyl groups excluding tert-OH is 1. The zero-order valence-electron chi connectivity index (χ0n) is 18.8. The number of nitrogens with zero attached hydrogens (tertiary/aromatic N) is 2. The molecule has 1 atom stereocenters. The lowest BCUT2D eigenvalue weighted by atomic mass is 10.1. The first kappa shape index (κ1) is 26.9. The molecule has 1 heterocycles. The van der Waals surface area contributed by atoms with Gasteiger partial charge in [0, 0.05) is 26.2 Å². The lowest BCUT2D eigenvalue weighted by Crippen LogP contribution is -2.51. The number of nitrogens with one attached hydrogen (secondary N) is 1. The molecular formula is C23H22F5N3O5. The van der Waals surface area contributed by atoms with Gasteiger partial charge in [0.25, 0.3) is 5.91 Å². The summed E-state index contributed by atoms with van der Waals surface area (Å²) in [5, 5.41) is 11.4. The van der Waals surface area contributed by atoms with Crippen LogP contribution in [-0.2, 0) is 16.1 Å². The number of carbonyl (C=O) groups is 3. The summed E-state index contributed by atoms with van der Waals surface area (Å²) in [7, 11) is 0. The Morgan fingerprint density at radius 3 is 2.03 bits per heavy atom. The fourth-order valence-electron chi connectivity index (χ4n) is 3.57. The summed E-state index contributed by atoms with van der Waals surface area (Å²) < 4.78 is 73.2. The maximum absolute atomic E-state index is 13.9. The number of hydrogen-bond acceptors (Lipinski definition) is 5. The molecule has 1 unspecified atom stereocenters. The van der Waals surface area contributed by atoms with Gasteiger partial charge in [0.2, 0.25) is 11.7 Å². The molecule has 3 rings (SSSR count). The number of amides is 3. The van der Waals surface area contributed by atoms with E-state index in [1.54, 1.807) is 24.3 Å². The van der Waals surface area contributed by atoms with Crippen molar-refractivity contribution in [2.75, 3.05) is 32.8 Å². The van der Waals surface area contributed by atoms with Gasteiger partial charge in [-0.2, -0.15) is 0 Å². The molecule has 1 fully saturated rings. The smallest absolute Gasteiger partial charge is 0.410 e. The Morgan fingerprint density at radius 2 is 1.42 bits per heavy atom. The van der Waals surface area contributed by atoms with Crippen molar-refractivity contribution < 1.29 is 46.2 Å². The molecule has 1 aliphatic rings. The van der Waals surface area contributed by atoms with E-state index in [1.165, 1.54) is 9.80 Å². The number of halogens is 5. The first-order valence-corrected chi connectivity index (χ1v) is 10.8. The van der Waals surface area contributed by atoms with Crippen LogP contribution in [0.25, 0.3) is 0 Å². The minimum Gasteiger partial charge on any atom is -0.445 e. The van der Waals surface area contributed by atoms with Crippen molar-refractivity contribution in [1.29, 1.82) is 0 Å². The number of carbonyl (C=O) groups excluding carboxylic acids is 3. The summed E-state index contributed by atoms with van der Waals surface area (Å²) >= 11 is 0. The zero-order valence-corrected chi connectivity index (χ0v) is 18.8. The number of ether oxygens (including phenoxy) is 1. The Balaban J connectivity index is 1.62. The normalized spacial score (nSPS) is 14.7. The highest BCUT2D eigenvalue weighted by molar-refractivity contribution is 5.98. The molecule has 13 heteroatoms. The summed E-state index contributed by atoms with van der Waals surface area (Å²) in [4.78, 5) is 40.0. The second kappa shape index (κ2) is 11.8. The highest BCUT2D eigenvalue weighted by Crippen LogP contribution is 2.23. The predicted molar refractivity (Wildman–Crippen MR) is 114 cm³/mol. The van der Waals surface area contributed by atoms with E-state index in [4.69, 9.17) is 4.74 Å². The third kappa shape index (κ3) is 5.90. The molecule has 1 aliphatic heterocycles. The summed E-state index contributed by atoms with van der Waals surface area (Å²) in [5.41, 5.74) is -0.992. The maximum Gasteiger partial charge on any atom is 0.410 e. The van der Waals surface area contributed by atoms with Crippen molar-refractivity contribution in [3.8, 4) is 0 Å². The van der Waals surface area contributed by atoms with Crippen LogP contribution in [0.15, 0.2) is 30.3 Å². The minimum absolute atomic E-state index is 0.0197. The van der Waals surface area contributed by atoms with Gasteiger partial charge in [-0.3, -0.25) is 9.59 Å². The van der Waals surface area contributed by atoms with Crippen LogP contribution in [0.1, 0.15) is 22.3 Å². The van der Waals surface area contributed by atoms with Crippen LogP contribution in [0.3, 0.4) is 0 Å². The van der Waals surface area contributed by atoms with Crippen molar-refractivity contribution in [3.05, 3.63) is 70.5 Å². The fraction of sp³-hybridized carbons (Fsp3) is 0.348. The second-order valence-electron chi connectivity index (χ2n) is 7.86. The van der Waals surface area contributed by atoms with E-state index >= 15 is 0 Å². The molecule has 0 radical (unpaired) electrons. The van der Waals surface area contributed by atoms with Crippen LogP contribution in [0, 0.1) is 29.1 Å². The van der Waals surface area contributed by atoms with E-state index < -0.39 is 65.2 Å². The predicted octanol–water partition coefficient (Wildman–Crippen LogP) is 2.34. The Hall–Kier alpha value is -3.74. The fourth-order valence-corrected chi connectivity index (χ4v) is 3.57. The lowest BCUT2D eigenvalue weighted by molar-refractivity contribution is -0.134. The van der Waals surface area contributed by atoms with Crippen LogP contribution >= 0.6 is 0 Å². The van der Waals surface area contributed by atoms with Crippen molar-refractivity contribution in [2.45, 2.75) is 19.1 Å². The maximum atomic E-state index is 13.9. The molecule has 0 spiro atoms. The van der Waals surface area contributed by atoms with E-state index in [9.17, 15) is 41.4 Å². The molecule has 3 amide bonds. The van der Waals surface area contributed by atoms with E-state index in [0.717, 1.165) is 5.56 Å². The monoisotopic (exact) mass is 515 g/mol. The SMILES string of the molecule is O=C(NC(CO)C(=O)N1CCCN(C(=O)OCc2ccccc2)CC1)c1c(F)c(F)c(F)c(F)c1F. The highest BCUT2D eigenvalue weighted by Gasteiger charge is 2.33. The second-order valence-corrected chi connectivity index (χ2v) is 7.86. The minimum atomic E-state index is -2.44. The summed E-state index contributed by atoms with van der Waals surface area (Å²) in [6.07, 6.45) is -0.290. The summed E-state index contributed by atoms with van der Waals surface area (Å²) in [6, 6.07) is 7.24. The number of aliphatic hydroxyl groups is 1. The highest BCUT2D eigenvalue weighted by atomic mass is 19.2. The Labute approximate surface area is 202 Å². The Kier molecular flexibility index (Phi) is 8.80. The molecule has 0 aliphatic carbocycles. The van der Waals surface area contributed by atoms with Gasteiger partial charge in [0.05, 0.1) is 6.61 Å². The van der Waals surface area contributed by atoms with E-state index in [2.05, 4.69) is 0 Å². The van der Waals surface area contributed by atoms with Crippen molar-refractivity contribution in [3.63, 3.8) is 0 Å². The van der Waals surface area contributed by atoms with Crippen molar-refractivity contribution in [2.24, 2.45) is 0 Å². The van der Waals surface area contributed by atoms with Crippen molar-refractivity contribution >= 4 is 17.9 Å². The van der Waals surface area contributed by atoms with Crippen LogP contribution < -0.4 is 5.32 Å². The topological polar surface area (TPSA) is 99.2 Å². The van der Waals surface area contributed by atoms with Crippen LogP contribution in [0.2, 0.25) is 0 Å². The summed E-state index contributed by atoms with van der Waals surface area (Å²) in [6.45, 7) is -0.569. The van der Waals surface area contributed by atoms with E-state index in [1.807, 2.05) is 11.4 Å². The molecular weight excluding hydrogens is 493 g/mol. The van der Waals surface area contributed by atoms with Gasteiger partial charge < -0.3 is 25.0 Å². The largest absolute Gasteiger partial charge is 0.445 e. The number of hydrogen-bond donors (Lipinski definition) is 2. The Morgan fingerprint density at radius 1 is 0.861 bits per heavy atom. The van der Waals surface area contributed by atoms with E-state index in [0.29, 0.717) is 6.42 Å². The summed E-state index contributed by atoms with van der Waals surface area (Å²) in [5.74, 6) is -14.5. The third-order valence-electron chi connectivity index (χ3n) is 5.49. The van der Waals surface area contributed by atoms with E-state index in [-0.39, 0.29) is 32.8 Å². The Bertz CT molecular complexity index is 1110. The van der Waals surface area contributed by atoms with Gasteiger partial charge in [-0.05, 0) is 12.0 Å². The molecule has 0 aromatic heterocycles. The zero-order chi connectivity index (χ0) is 26.4. The van der Waals surface area contributed by atoms with Crippen LogP contribution in [-0.4, -0.2) is 71.6 Å². The number of rotatable bonds is 6. The van der Waals surface area contributed by atoms with Gasteiger partial charge in [0.15, 0.2) is 23.3 Å². The molecule has 2 N–H and O–H groups in total. The average Bonchev–Trinajstić information content (AvgIpc) is 3.15. The van der Waals surface area contributed by atoms with Crippen LogP contribution in [0.4, 0.5) is 26.7 Å². The molecule has 194 valence electrons. The van der Waals surface area contributed by atoms with Gasteiger partial charge >= 0.3 is 6.09 Å². The molecule has 2 aromatic rings. The molecule has 36 heavy (non-hydrogen) atoms. The average molecular weight is 515 g/mol. The molecule has 8 nitrogen and oxygen atoms in total. The molecule has 0 bridgehead atoms. The molecule has 2 aromatic carbocycles. The first-order chi connectivity index (χ1) is 17.1. The van der Waals surface area contributed by atoms with Crippen molar-refractivity contribution in [1.82, 2.24) is 15.1 Å². The molecule has 0 saturated carbocycles. The van der Waals surface area contributed by atoms with Gasteiger partial charge in [-0.25, -0.2) is 26.7 Å². The standard InChI is InChI=1S/C23H22F5N3O5/c24-16-15(17(25)19(27)20(28)18(16)26)21(33)29-14(11-32)22(34)30-7-4-8-31(10-9-30)23(35)36-12-13-5-2-1-3-6-13/h1-3,5-6,14,32H,4,7-12H2,(H,29,33). The quantitative estimate of drug-likeness (QED) is 0.350. The molecule has 1 saturated heterocycles. The number of benzene rings is 2.